The minimum Gasteiger partial charge on any atom is -0.224 e. The zero-order chi connectivity index (χ0) is 18.1. The Hall–Kier alpha value is -1.84. The van der Waals surface area contributed by atoms with E-state index in [2.05, 4.69) is 4.72 Å². The summed E-state index contributed by atoms with van der Waals surface area (Å²) in [6.45, 7) is 1.55. The van der Waals surface area contributed by atoms with Gasteiger partial charge in [0, 0.05) is 12.3 Å². The lowest BCUT2D eigenvalue weighted by atomic mass is 10.1. The maximum atomic E-state index is 13.2. The van der Waals surface area contributed by atoms with Crippen LogP contribution in [0.25, 0.3) is 0 Å². The lowest BCUT2D eigenvalue weighted by Gasteiger charge is -2.15. The highest BCUT2D eigenvalue weighted by Gasteiger charge is 2.20. The first-order chi connectivity index (χ1) is 11.0. The van der Waals surface area contributed by atoms with Crippen LogP contribution in [0.3, 0.4) is 0 Å². The van der Waals surface area contributed by atoms with Crippen LogP contribution in [-0.4, -0.2) is 23.1 Å². The second kappa shape index (κ2) is 6.58. The summed E-state index contributed by atoms with van der Waals surface area (Å²) in [5, 5.41) is 0. The van der Waals surface area contributed by atoms with E-state index in [4.69, 9.17) is 0 Å². The number of hydrogen-bond acceptors (Lipinski definition) is 4. The first kappa shape index (κ1) is 18.5. The molecule has 0 aliphatic carbocycles. The number of sulfonamides is 1. The lowest BCUT2D eigenvalue weighted by molar-refractivity contribution is 0.503. The molecule has 5 nitrogen and oxygen atoms in total. The van der Waals surface area contributed by atoms with Gasteiger partial charge in [-0.25, -0.2) is 30.3 Å². The minimum atomic E-state index is -4.06. The summed E-state index contributed by atoms with van der Waals surface area (Å²) < 4.78 is 75.7. The van der Waals surface area contributed by atoms with E-state index in [0.717, 1.165) is 18.4 Å². The van der Waals surface area contributed by atoms with E-state index in [1.54, 1.807) is 6.92 Å². The third-order valence-electron chi connectivity index (χ3n) is 3.34. The van der Waals surface area contributed by atoms with Gasteiger partial charge in [-0.1, -0.05) is 12.1 Å². The molecule has 0 fully saturated rings. The van der Waals surface area contributed by atoms with Gasteiger partial charge < -0.3 is 0 Å². The van der Waals surface area contributed by atoms with Crippen molar-refractivity contribution in [3.8, 4) is 0 Å². The van der Waals surface area contributed by atoms with Gasteiger partial charge >= 0.3 is 0 Å². The maximum Gasteiger partial charge on any atom is 0.241 e. The molecular weight excluding hydrogens is 360 g/mol. The molecule has 130 valence electrons. The molecule has 0 bridgehead atoms. The van der Waals surface area contributed by atoms with Gasteiger partial charge in [0.25, 0.3) is 0 Å². The predicted molar refractivity (Wildman–Crippen MR) is 84.6 cm³/mol. The summed E-state index contributed by atoms with van der Waals surface area (Å²) in [6.07, 6.45) is 1.07. The molecule has 9 heteroatoms. The summed E-state index contributed by atoms with van der Waals surface area (Å²) in [5.41, 5.74) is 0.522. The number of rotatable bonds is 5. The van der Waals surface area contributed by atoms with E-state index in [0.29, 0.717) is 11.6 Å². The van der Waals surface area contributed by atoms with Crippen LogP contribution in [0.15, 0.2) is 52.3 Å². The van der Waals surface area contributed by atoms with Crippen molar-refractivity contribution in [2.45, 2.75) is 22.8 Å². The van der Waals surface area contributed by atoms with Crippen LogP contribution in [-0.2, 0) is 19.9 Å². The van der Waals surface area contributed by atoms with E-state index < -0.39 is 42.4 Å². The summed E-state index contributed by atoms with van der Waals surface area (Å²) in [5.74, 6) is -2.40. The summed E-state index contributed by atoms with van der Waals surface area (Å²) in [4.78, 5) is -0.289. The number of benzene rings is 2. The number of sulfone groups is 1. The molecule has 1 N–H and O–H groups in total. The van der Waals surface area contributed by atoms with E-state index in [9.17, 15) is 25.6 Å². The van der Waals surface area contributed by atoms with Crippen LogP contribution in [0.1, 0.15) is 18.5 Å². The van der Waals surface area contributed by atoms with Gasteiger partial charge in [0.2, 0.25) is 10.0 Å². The molecule has 2 aromatic carbocycles. The van der Waals surface area contributed by atoms with Crippen molar-refractivity contribution in [1.29, 1.82) is 0 Å². The van der Waals surface area contributed by atoms with Gasteiger partial charge in [-0.05, 0) is 42.8 Å². The quantitative estimate of drug-likeness (QED) is 0.870. The van der Waals surface area contributed by atoms with Crippen molar-refractivity contribution in [2.75, 3.05) is 6.26 Å². The Morgan fingerprint density at radius 1 is 0.875 bits per heavy atom. The zero-order valence-electron chi connectivity index (χ0n) is 12.8. The predicted octanol–water partition coefficient (Wildman–Crippen LogP) is 2.41. The molecule has 0 spiro atoms. The highest BCUT2D eigenvalue weighted by Crippen LogP contribution is 2.20. The van der Waals surface area contributed by atoms with Crippen molar-refractivity contribution in [2.24, 2.45) is 0 Å². The molecule has 0 radical (unpaired) electrons. The zero-order valence-corrected chi connectivity index (χ0v) is 14.5. The molecule has 0 saturated carbocycles. The Balaban J connectivity index is 2.24. The van der Waals surface area contributed by atoms with E-state index >= 15 is 0 Å². The average Bonchev–Trinajstić information content (AvgIpc) is 2.48. The van der Waals surface area contributed by atoms with Crippen LogP contribution >= 0.6 is 0 Å². The van der Waals surface area contributed by atoms with Crippen molar-refractivity contribution < 1.29 is 25.6 Å². The molecule has 0 unspecified atom stereocenters. The molecule has 1 atom stereocenters. The molecule has 0 aliphatic heterocycles. The Morgan fingerprint density at radius 2 is 1.42 bits per heavy atom. The molecule has 0 saturated heterocycles. The maximum absolute atomic E-state index is 13.2. The van der Waals surface area contributed by atoms with Gasteiger partial charge in [0.05, 0.1) is 9.79 Å². The van der Waals surface area contributed by atoms with E-state index in [1.165, 1.54) is 24.3 Å². The third kappa shape index (κ3) is 4.16. The van der Waals surface area contributed by atoms with Gasteiger partial charge in [-0.15, -0.1) is 0 Å². The van der Waals surface area contributed by atoms with Crippen LogP contribution in [0, 0.1) is 11.6 Å². The SMILES string of the molecule is C[C@@H](NS(=O)(=O)c1ccc(F)c(F)c1)c1ccc(S(C)(=O)=O)cc1. The normalized spacial score (nSPS) is 13.7. The number of halogens is 2. The van der Waals surface area contributed by atoms with Crippen molar-refractivity contribution >= 4 is 19.9 Å². The molecule has 2 rings (SSSR count). The monoisotopic (exact) mass is 375 g/mol. The number of hydrogen-bond donors (Lipinski definition) is 1. The first-order valence-electron chi connectivity index (χ1n) is 6.78. The molecular formula is C15H15F2NO4S2. The Morgan fingerprint density at radius 3 is 1.92 bits per heavy atom. The molecule has 0 aliphatic rings. The van der Waals surface area contributed by atoms with Crippen LogP contribution in [0.5, 0.6) is 0 Å². The fraction of sp³-hybridized carbons (Fsp3) is 0.200. The minimum absolute atomic E-state index is 0.113. The second-order valence-corrected chi connectivity index (χ2v) is 8.99. The third-order valence-corrected chi connectivity index (χ3v) is 6.01. The Labute approximate surface area is 139 Å². The van der Waals surface area contributed by atoms with Crippen molar-refractivity contribution in [1.82, 2.24) is 4.72 Å². The largest absolute Gasteiger partial charge is 0.241 e. The smallest absolute Gasteiger partial charge is 0.224 e. The average molecular weight is 375 g/mol. The standard InChI is InChI=1S/C15H15F2NO4S2/c1-10(11-3-5-12(6-4-11)23(2,19)20)18-24(21,22)13-7-8-14(16)15(17)9-13/h3-10,18H,1-2H3/t10-/m1/s1. The van der Waals surface area contributed by atoms with Crippen LogP contribution in [0.2, 0.25) is 0 Å². The first-order valence-corrected chi connectivity index (χ1v) is 10.2. The van der Waals surface area contributed by atoms with Crippen molar-refractivity contribution in [3.63, 3.8) is 0 Å². The molecule has 0 aromatic heterocycles. The molecule has 0 amide bonds. The Kier molecular flexibility index (Phi) is 5.07. The van der Waals surface area contributed by atoms with Gasteiger partial charge in [0.1, 0.15) is 0 Å². The van der Waals surface area contributed by atoms with Crippen LogP contribution in [0.4, 0.5) is 8.78 Å². The van der Waals surface area contributed by atoms with E-state index in [-0.39, 0.29) is 4.90 Å². The fourth-order valence-electron chi connectivity index (χ4n) is 2.02. The molecule has 24 heavy (non-hydrogen) atoms. The second-order valence-electron chi connectivity index (χ2n) is 5.26. The lowest BCUT2D eigenvalue weighted by Crippen LogP contribution is -2.27. The summed E-state index contributed by atoms with van der Waals surface area (Å²) in [6, 6.07) is 7.29. The van der Waals surface area contributed by atoms with Crippen molar-refractivity contribution in [3.05, 3.63) is 59.7 Å². The Bertz CT molecular complexity index is 955. The van der Waals surface area contributed by atoms with E-state index in [1.807, 2.05) is 0 Å². The van der Waals surface area contributed by atoms with Gasteiger partial charge in [-0.2, -0.15) is 0 Å². The topological polar surface area (TPSA) is 80.3 Å². The summed E-state index contributed by atoms with van der Waals surface area (Å²) in [7, 11) is -7.41. The van der Waals surface area contributed by atoms with Gasteiger partial charge in [0.15, 0.2) is 21.5 Å². The number of nitrogens with one attached hydrogen (secondary N) is 1. The highest BCUT2D eigenvalue weighted by molar-refractivity contribution is 7.90. The summed E-state index contributed by atoms with van der Waals surface area (Å²) >= 11 is 0. The molecule has 0 heterocycles. The fourth-order valence-corrected chi connectivity index (χ4v) is 3.89. The molecule has 2 aromatic rings. The van der Waals surface area contributed by atoms with Crippen LogP contribution < -0.4 is 4.72 Å². The van der Waals surface area contributed by atoms with Gasteiger partial charge in [-0.3, -0.25) is 0 Å². The highest BCUT2D eigenvalue weighted by atomic mass is 32.2.